The van der Waals surface area contributed by atoms with Gasteiger partial charge in [0.05, 0.1) is 32.7 Å². The van der Waals surface area contributed by atoms with Gasteiger partial charge in [-0.1, -0.05) is 36.4 Å². The maximum absolute atomic E-state index is 13.9. The molecule has 3 atom stereocenters. The van der Waals surface area contributed by atoms with Crippen LogP contribution < -0.4 is 24.2 Å². The van der Waals surface area contributed by atoms with E-state index in [-0.39, 0.29) is 5.91 Å². The van der Waals surface area contributed by atoms with Crippen molar-refractivity contribution in [3.63, 3.8) is 0 Å². The Morgan fingerprint density at radius 3 is 2.11 bits per heavy atom. The van der Waals surface area contributed by atoms with Gasteiger partial charge in [-0.05, 0) is 42.8 Å². The predicted molar refractivity (Wildman–Crippen MR) is 130 cm³/mol. The second-order valence-corrected chi connectivity index (χ2v) is 8.38. The van der Waals surface area contributed by atoms with Crippen LogP contribution in [0.2, 0.25) is 0 Å². The minimum absolute atomic E-state index is 0.324. The minimum Gasteiger partial charge on any atom is -0.493 e. The van der Waals surface area contributed by atoms with E-state index in [1.807, 2.05) is 61.5 Å². The van der Waals surface area contributed by atoms with Gasteiger partial charge >= 0.3 is 0 Å². The molecular formula is C27H26N2O6. The molecule has 0 aromatic heterocycles. The molecule has 8 heteroatoms. The molecule has 2 aliphatic heterocycles. The topological polar surface area (TPSA) is 77.5 Å². The fourth-order valence-electron chi connectivity index (χ4n) is 4.94. The van der Waals surface area contributed by atoms with Crippen LogP contribution in [0.3, 0.4) is 0 Å². The van der Waals surface area contributed by atoms with E-state index >= 15 is 0 Å². The maximum Gasteiger partial charge on any atom is 0.266 e. The Balaban J connectivity index is 1.67. The molecule has 3 aromatic rings. The fraction of sp³-hybridized carbons (Fsp3) is 0.259. The van der Waals surface area contributed by atoms with Crippen LogP contribution in [-0.4, -0.2) is 39.2 Å². The molecule has 0 unspecified atom stereocenters. The highest BCUT2D eigenvalue weighted by atomic mass is 16.7. The molecule has 0 saturated carbocycles. The Morgan fingerprint density at radius 2 is 1.46 bits per heavy atom. The first kappa shape index (κ1) is 22.7. The summed E-state index contributed by atoms with van der Waals surface area (Å²) in [5.41, 5.74) is 2.75. The predicted octanol–water partition coefficient (Wildman–Crippen LogP) is 4.07. The highest BCUT2D eigenvalue weighted by Gasteiger charge is 2.61. The number of carbonyl (C=O) groups excluding carboxylic acids is 2. The van der Waals surface area contributed by atoms with Crippen molar-refractivity contribution >= 4 is 23.2 Å². The molecule has 2 saturated heterocycles. The van der Waals surface area contributed by atoms with Gasteiger partial charge < -0.3 is 14.2 Å². The van der Waals surface area contributed by atoms with Crippen molar-refractivity contribution in [2.24, 2.45) is 5.92 Å². The first-order chi connectivity index (χ1) is 17.0. The van der Waals surface area contributed by atoms with E-state index in [4.69, 9.17) is 19.0 Å². The molecule has 2 heterocycles. The zero-order valence-electron chi connectivity index (χ0n) is 19.9. The first-order valence-corrected chi connectivity index (χ1v) is 11.2. The van der Waals surface area contributed by atoms with E-state index in [2.05, 4.69) is 0 Å². The second-order valence-electron chi connectivity index (χ2n) is 8.38. The molecule has 0 N–H and O–H groups in total. The quantitative estimate of drug-likeness (QED) is 0.499. The molecule has 35 heavy (non-hydrogen) atoms. The van der Waals surface area contributed by atoms with Gasteiger partial charge in [-0.2, -0.15) is 0 Å². The van der Waals surface area contributed by atoms with E-state index in [9.17, 15) is 9.59 Å². The summed E-state index contributed by atoms with van der Waals surface area (Å²) in [5, 5.41) is 1.63. The number of imide groups is 1. The smallest absolute Gasteiger partial charge is 0.266 e. The van der Waals surface area contributed by atoms with Gasteiger partial charge in [0.25, 0.3) is 5.91 Å². The summed E-state index contributed by atoms with van der Waals surface area (Å²) in [7, 11) is 4.60. The van der Waals surface area contributed by atoms with Crippen LogP contribution in [0.5, 0.6) is 17.2 Å². The summed E-state index contributed by atoms with van der Waals surface area (Å²) in [6, 6.07) is 19.6. The molecule has 8 nitrogen and oxygen atoms in total. The van der Waals surface area contributed by atoms with Crippen molar-refractivity contribution in [3.8, 4) is 17.2 Å². The normalized spacial score (nSPS) is 21.3. The lowest BCUT2D eigenvalue weighted by molar-refractivity contribution is -0.126. The molecule has 5 rings (SSSR count). The van der Waals surface area contributed by atoms with Crippen LogP contribution in [0.4, 0.5) is 11.4 Å². The van der Waals surface area contributed by atoms with Crippen molar-refractivity contribution in [3.05, 3.63) is 77.9 Å². The number of hydrogen-bond donors (Lipinski definition) is 0. The number of benzene rings is 3. The second kappa shape index (κ2) is 8.96. The Hall–Kier alpha value is -4.04. The number of fused-ring (bicyclic) bond motifs is 1. The lowest BCUT2D eigenvalue weighted by atomic mass is 9.89. The van der Waals surface area contributed by atoms with Crippen LogP contribution in [0, 0.1) is 12.8 Å². The number of hydroxylamine groups is 1. The average molecular weight is 475 g/mol. The van der Waals surface area contributed by atoms with Crippen LogP contribution in [0.1, 0.15) is 17.2 Å². The summed E-state index contributed by atoms with van der Waals surface area (Å²) < 4.78 is 16.8. The molecule has 2 amide bonds. The largest absolute Gasteiger partial charge is 0.493 e. The Labute approximate surface area is 203 Å². The molecular weight excluding hydrogens is 448 g/mol. The SMILES string of the molecule is COc1ccc([C@@H]2[C@H]3C(=O)N(c4ccccc4C)C(=O)[C@H]3ON2c2ccccc2)c(OC)c1OC. The maximum atomic E-state index is 13.9. The number of para-hydroxylation sites is 2. The number of amides is 2. The number of nitrogens with zero attached hydrogens (tertiary/aromatic N) is 2. The van der Waals surface area contributed by atoms with Gasteiger partial charge in [-0.25, -0.2) is 9.96 Å². The van der Waals surface area contributed by atoms with Gasteiger partial charge in [-0.15, -0.1) is 0 Å². The zero-order valence-corrected chi connectivity index (χ0v) is 19.9. The molecule has 0 spiro atoms. The van der Waals surface area contributed by atoms with E-state index in [1.165, 1.54) is 19.1 Å². The number of carbonyl (C=O) groups is 2. The zero-order chi connectivity index (χ0) is 24.7. The van der Waals surface area contributed by atoms with E-state index in [0.29, 0.717) is 34.2 Å². The molecule has 0 aliphatic carbocycles. The van der Waals surface area contributed by atoms with Crippen LogP contribution in [-0.2, 0) is 14.4 Å². The molecule has 0 bridgehead atoms. The number of ether oxygens (including phenoxy) is 3. The van der Waals surface area contributed by atoms with Crippen molar-refractivity contribution in [2.45, 2.75) is 19.1 Å². The van der Waals surface area contributed by atoms with Gasteiger partial charge in [0.15, 0.2) is 17.6 Å². The van der Waals surface area contributed by atoms with E-state index in [0.717, 1.165) is 5.56 Å². The summed E-state index contributed by atoms with van der Waals surface area (Å²) in [4.78, 5) is 34.9. The number of hydrogen-bond acceptors (Lipinski definition) is 7. The summed E-state index contributed by atoms with van der Waals surface area (Å²) in [6.45, 7) is 1.87. The summed E-state index contributed by atoms with van der Waals surface area (Å²) in [5.74, 6) is -0.209. The Bertz CT molecular complexity index is 1280. The third kappa shape index (κ3) is 3.49. The number of methoxy groups -OCH3 is 3. The first-order valence-electron chi connectivity index (χ1n) is 11.2. The highest BCUT2D eigenvalue weighted by molar-refractivity contribution is 6.24. The highest BCUT2D eigenvalue weighted by Crippen LogP contribution is 2.52. The van der Waals surface area contributed by atoms with Crippen molar-refractivity contribution in [1.82, 2.24) is 0 Å². The lowest BCUT2D eigenvalue weighted by Gasteiger charge is -2.30. The Morgan fingerprint density at radius 1 is 0.771 bits per heavy atom. The van der Waals surface area contributed by atoms with E-state index < -0.39 is 24.0 Å². The van der Waals surface area contributed by atoms with Gasteiger partial charge in [0, 0.05) is 5.56 Å². The lowest BCUT2D eigenvalue weighted by Crippen LogP contribution is -2.37. The average Bonchev–Trinajstić information content (AvgIpc) is 3.39. The third-order valence-electron chi connectivity index (χ3n) is 6.54. The van der Waals surface area contributed by atoms with Gasteiger partial charge in [0.2, 0.25) is 11.7 Å². The molecule has 2 fully saturated rings. The third-order valence-corrected chi connectivity index (χ3v) is 6.54. The minimum atomic E-state index is -0.981. The van der Waals surface area contributed by atoms with Crippen LogP contribution in [0.15, 0.2) is 66.7 Å². The number of rotatable bonds is 6. The van der Waals surface area contributed by atoms with Gasteiger partial charge in [-0.3, -0.25) is 14.4 Å². The molecule has 2 aliphatic rings. The van der Waals surface area contributed by atoms with Crippen molar-refractivity contribution in [1.29, 1.82) is 0 Å². The Kier molecular flexibility index (Phi) is 5.82. The monoisotopic (exact) mass is 474 g/mol. The number of anilines is 2. The molecule has 3 aromatic carbocycles. The van der Waals surface area contributed by atoms with E-state index in [1.54, 1.807) is 24.3 Å². The molecule has 0 radical (unpaired) electrons. The standard InChI is InChI=1S/C27H26N2O6/c1-16-10-8-9-13-19(16)28-26(30)21-22(18-14-15-20(32-2)24(34-4)23(18)33-3)29(35-25(21)27(28)31)17-11-6-5-7-12-17/h5-15,21-22,25H,1-4H3/t21-,22-,25+/m1/s1. The van der Waals surface area contributed by atoms with Crippen molar-refractivity contribution < 1.29 is 28.6 Å². The fourth-order valence-corrected chi connectivity index (χ4v) is 4.94. The van der Waals surface area contributed by atoms with Crippen LogP contribution >= 0.6 is 0 Å². The summed E-state index contributed by atoms with van der Waals surface area (Å²) in [6.07, 6.45) is -0.981. The number of aryl methyl sites for hydroxylation is 1. The summed E-state index contributed by atoms with van der Waals surface area (Å²) >= 11 is 0. The van der Waals surface area contributed by atoms with Crippen molar-refractivity contribution in [2.75, 3.05) is 31.3 Å². The van der Waals surface area contributed by atoms with Gasteiger partial charge in [0.1, 0.15) is 12.0 Å². The van der Waals surface area contributed by atoms with Crippen LogP contribution in [0.25, 0.3) is 0 Å². The molecule has 180 valence electrons.